The molecule has 0 spiro atoms. The van der Waals surface area contributed by atoms with Crippen molar-refractivity contribution in [1.29, 1.82) is 0 Å². The molecule has 0 atom stereocenters. The van der Waals surface area contributed by atoms with Gasteiger partial charge in [-0.05, 0) is 35.0 Å². The molecule has 92 valence electrons. The number of hydrogen-bond acceptors (Lipinski definition) is 4. The first kappa shape index (κ1) is 13.6. The summed E-state index contributed by atoms with van der Waals surface area (Å²) in [5.41, 5.74) is 0.443. The minimum atomic E-state index is -0.440. The number of rotatable bonds is 4. The molecule has 0 saturated carbocycles. The second-order valence-electron chi connectivity index (χ2n) is 3.27. The number of aromatic nitrogens is 1. The first-order valence-electron chi connectivity index (χ1n) is 5.06. The van der Waals surface area contributed by atoms with Gasteiger partial charge in [-0.2, -0.15) is 0 Å². The fourth-order valence-electron chi connectivity index (χ4n) is 1.23. The van der Waals surface area contributed by atoms with Gasteiger partial charge in [0.2, 0.25) is 0 Å². The molecule has 1 amide bonds. The summed E-state index contributed by atoms with van der Waals surface area (Å²) < 4.78 is 5.19. The van der Waals surface area contributed by atoms with Crippen molar-refractivity contribution < 1.29 is 14.3 Å². The predicted octanol–water partition coefficient (Wildman–Crippen LogP) is 1.48. The summed E-state index contributed by atoms with van der Waals surface area (Å²) in [5.74, 6) is -0.678. The zero-order valence-electron chi connectivity index (χ0n) is 9.64. The van der Waals surface area contributed by atoms with E-state index in [1.54, 1.807) is 19.1 Å². The van der Waals surface area contributed by atoms with Crippen LogP contribution in [0.2, 0.25) is 0 Å². The largest absolute Gasteiger partial charge is 0.468 e. The molecule has 0 bridgehead atoms. The van der Waals surface area contributed by atoms with Crippen LogP contribution in [0.4, 0.5) is 0 Å². The number of carbonyl (C=O) groups excluding carboxylic acids is 2. The van der Waals surface area contributed by atoms with Crippen LogP contribution in [0, 0.1) is 0 Å². The first-order valence-corrected chi connectivity index (χ1v) is 5.85. The molecule has 0 saturated heterocycles. The van der Waals surface area contributed by atoms with Crippen LogP contribution in [0.3, 0.4) is 0 Å². The van der Waals surface area contributed by atoms with Crippen LogP contribution in [0.5, 0.6) is 0 Å². The normalized spacial score (nSPS) is 9.82. The number of ether oxygens (including phenoxy) is 1. The minimum Gasteiger partial charge on any atom is -0.468 e. The van der Waals surface area contributed by atoms with Crippen LogP contribution in [-0.2, 0) is 9.53 Å². The third-order valence-corrected chi connectivity index (χ3v) is 2.66. The topological polar surface area (TPSA) is 59.5 Å². The maximum Gasteiger partial charge on any atom is 0.325 e. The molecule has 1 heterocycles. The molecule has 5 nitrogen and oxygen atoms in total. The van der Waals surface area contributed by atoms with Crippen molar-refractivity contribution in [3.63, 3.8) is 0 Å². The summed E-state index contributed by atoms with van der Waals surface area (Å²) in [5, 5.41) is 0. The first-order chi connectivity index (χ1) is 8.08. The summed E-state index contributed by atoms with van der Waals surface area (Å²) in [6, 6.07) is 3.33. The van der Waals surface area contributed by atoms with Crippen LogP contribution >= 0.6 is 15.9 Å². The Morgan fingerprint density at radius 1 is 1.47 bits per heavy atom. The van der Waals surface area contributed by atoms with E-state index in [-0.39, 0.29) is 12.5 Å². The summed E-state index contributed by atoms with van der Waals surface area (Å²) >= 11 is 3.19. The Morgan fingerprint density at radius 2 is 2.18 bits per heavy atom. The number of nitrogens with zero attached hydrogens (tertiary/aromatic N) is 2. The lowest BCUT2D eigenvalue weighted by Gasteiger charge is -2.19. The molecule has 1 rings (SSSR count). The fraction of sp³-hybridized carbons (Fsp3) is 0.364. The van der Waals surface area contributed by atoms with E-state index in [0.717, 1.165) is 0 Å². The molecule has 0 unspecified atom stereocenters. The van der Waals surface area contributed by atoms with Crippen LogP contribution < -0.4 is 0 Å². The lowest BCUT2D eigenvalue weighted by Crippen LogP contribution is -2.36. The SMILES string of the molecule is CCN(CC(=O)OC)C(=O)c1ccc(Br)nc1. The van der Waals surface area contributed by atoms with E-state index < -0.39 is 5.97 Å². The summed E-state index contributed by atoms with van der Waals surface area (Å²) in [6.45, 7) is 2.18. The van der Waals surface area contributed by atoms with Crippen molar-refractivity contribution in [3.05, 3.63) is 28.5 Å². The highest BCUT2D eigenvalue weighted by atomic mass is 79.9. The summed E-state index contributed by atoms with van der Waals surface area (Å²) in [4.78, 5) is 28.5. The summed E-state index contributed by atoms with van der Waals surface area (Å²) in [6.07, 6.45) is 1.46. The lowest BCUT2D eigenvalue weighted by atomic mass is 10.2. The molecule has 0 radical (unpaired) electrons. The van der Waals surface area contributed by atoms with Gasteiger partial charge in [-0.3, -0.25) is 9.59 Å². The van der Waals surface area contributed by atoms with E-state index in [1.807, 2.05) is 0 Å². The van der Waals surface area contributed by atoms with Gasteiger partial charge in [0.25, 0.3) is 5.91 Å². The van der Waals surface area contributed by atoms with E-state index in [2.05, 4.69) is 25.7 Å². The van der Waals surface area contributed by atoms with Crippen molar-refractivity contribution in [1.82, 2.24) is 9.88 Å². The third-order valence-electron chi connectivity index (χ3n) is 2.19. The highest BCUT2D eigenvalue weighted by molar-refractivity contribution is 9.10. The van der Waals surface area contributed by atoms with Crippen molar-refractivity contribution in [2.75, 3.05) is 20.2 Å². The van der Waals surface area contributed by atoms with E-state index in [1.165, 1.54) is 18.2 Å². The number of hydrogen-bond donors (Lipinski definition) is 0. The zero-order valence-corrected chi connectivity index (χ0v) is 11.2. The smallest absolute Gasteiger partial charge is 0.325 e. The van der Waals surface area contributed by atoms with E-state index >= 15 is 0 Å². The Kier molecular flexibility index (Phi) is 5.09. The number of methoxy groups -OCH3 is 1. The van der Waals surface area contributed by atoms with Crippen molar-refractivity contribution >= 4 is 27.8 Å². The van der Waals surface area contributed by atoms with Gasteiger partial charge in [0.15, 0.2) is 0 Å². The molecule has 0 N–H and O–H groups in total. The second kappa shape index (κ2) is 6.34. The molecular formula is C11H13BrN2O3. The highest BCUT2D eigenvalue weighted by Gasteiger charge is 2.17. The predicted molar refractivity (Wildman–Crippen MR) is 65.5 cm³/mol. The maximum absolute atomic E-state index is 12.0. The average Bonchev–Trinajstić information content (AvgIpc) is 2.35. The number of esters is 1. The lowest BCUT2D eigenvalue weighted by molar-refractivity contribution is -0.141. The van der Waals surface area contributed by atoms with Crippen molar-refractivity contribution in [2.45, 2.75) is 6.92 Å². The molecule has 0 aromatic carbocycles. The number of halogens is 1. The number of likely N-dealkylation sites (N-methyl/N-ethyl adjacent to an activating group) is 1. The number of amides is 1. The van der Waals surface area contributed by atoms with Gasteiger partial charge in [-0.1, -0.05) is 0 Å². The maximum atomic E-state index is 12.0. The molecule has 17 heavy (non-hydrogen) atoms. The fourth-order valence-corrected chi connectivity index (χ4v) is 1.47. The van der Waals surface area contributed by atoms with Gasteiger partial charge < -0.3 is 9.64 Å². The van der Waals surface area contributed by atoms with Gasteiger partial charge in [0.05, 0.1) is 12.7 Å². The molecule has 6 heteroatoms. The van der Waals surface area contributed by atoms with E-state index in [4.69, 9.17) is 0 Å². The van der Waals surface area contributed by atoms with E-state index in [0.29, 0.717) is 16.7 Å². The molecular weight excluding hydrogens is 288 g/mol. The Hall–Kier alpha value is -1.43. The molecule has 0 aliphatic heterocycles. The third kappa shape index (κ3) is 3.81. The van der Waals surface area contributed by atoms with Crippen molar-refractivity contribution in [3.8, 4) is 0 Å². The average molecular weight is 301 g/mol. The summed E-state index contributed by atoms with van der Waals surface area (Å²) in [7, 11) is 1.29. The van der Waals surface area contributed by atoms with E-state index in [9.17, 15) is 9.59 Å². The Morgan fingerprint density at radius 3 is 2.65 bits per heavy atom. The highest BCUT2D eigenvalue weighted by Crippen LogP contribution is 2.09. The van der Waals surface area contributed by atoms with Gasteiger partial charge in [0, 0.05) is 12.7 Å². The molecule has 1 aromatic rings. The van der Waals surface area contributed by atoms with Crippen LogP contribution in [-0.4, -0.2) is 42.0 Å². The Bertz CT molecular complexity index is 406. The molecule has 0 aliphatic carbocycles. The van der Waals surface area contributed by atoms with Gasteiger partial charge >= 0.3 is 5.97 Å². The Balaban J connectivity index is 2.78. The van der Waals surface area contributed by atoms with Crippen LogP contribution in [0.25, 0.3) is 0 Å². The van der Waals surface area contributed by atoms with Crippen molar-refractivity contribution in [2.24, 2.45) is 0 Å². The monoisotopic (exact) mass is 300 g/mol. The molecule has 1 aromatic heterocycles. The van der Waals surface area contributed by atoms with Crippen LogP contribution in [0.15, 0.2) is 22.9 Å². The quantitative estimate of drug-likeness (QED) is 0.624. The molecule has 0 aliphatic rings. The number of pyridine rings is 1. The zero-order chi connectivity index (χ0) is 12.8. The second-order valence-corrected chi connectivity index (χ2v) is 4.08. The minimum absolute atomic E-state index is 0.0537. The van der Waals surface area contributed by atoms with Crippen LogP contribution in [0.1, 0.15) is 17.3 Å². The van der Waals surface area contributed by atoms with Gasteiger partial charge in [-0.25, -0.2) is 4.98 Å². The van der Waals surface area contributed by atoms with Gasteiger partial charge in [-0.15, -0.1) is 0 Å². The Labute approximate surface area is 108 Å². The standard InChI is InChI=1S/C11H13BrN2O3/c1-3-14(7-10(15)17-2)11(16)8-4-5-9(12)13-6-8/h4-6H,3,7H2,1-2H3. The number of carbonyl (C=O) groups is 2. The van der Waals surface area contributed by atoms with Gasteiger partial charge in [0.1, 0.15) is 11.1 Å². The molecule has 0 fully saturated rings.